The molecule has 0 saturated carbocycles. The van der Waals surface area contributed by atoms with Crippen LogP contribution in [0, 0.1) is 0 Å². The minimum Gasteiger partial charge on any atom is -0.277 e. The van der Waals surface area contributed by atoms with Crippen molar-refractivity contribution in [1.29, 1.82) is 0 Å². The summed E-state index contributed by atoms with van der Waals surface area (Å²) in [6.07, 6.45) is 0. The average Bonchev–Trinajstić information content (AvgIpc) is 3.74. The van der Waals surface area contributed by atoms with E-state index < -0.39 is 0 Å². The SMILES string of the molecule is CC1(C)c2ccccc2-c2c1ccc1c3ccccc3n(-c3nc(-c4ccccc4)nc(-c4ccc5c(c4)sc4ccccc45)n3)c21. The predicted molar refractivity (Wildman–Crippen MR) is 195 cm³/mol. The maximum atomic E-state index is 5.30. The van der Waals surface area contributed by atoms with E-state index in [2.05, 4.69) is 134 Å². The minimum atomic E-state index is -0.124. The lowest BCUT2D eigenvalue weighted by atomic mass is 9.82. The first kappa shape index (κ1) is 26.6. The molecule has 0 amide bonds. The van der Waals surface area contributed by atoms with Crippen LogP contribution in [0.5, 0.6) is 0 Å². The standard InChI is InChI=1S/C42H28N4S/c1-42(2)32-17-9-6-16-31(32)37-33(42)23-22-30-27-14-7-10-18-34(27)46(38(30)37)41-44-39(25-12-4-3-5-13-25)43-40(45-41)26-20-21-29-28-15-8-11-19-35(28)47-36(29)24-26/h3-24H,1-2H3. The molecule has 0 fully saturated rings. The lowest BCUT2D eigenvalue weighted by molar-refractivity contribution is 0.660. The quantitative estimate of drug-likeness (QED) is 0.197. The molecule has 0 radical (unpaired) electrons. The molecule has 0 saturated heterocycles. The summed E-state index contributed by atoms with van der Waals surface area (Å²) in [6.45, 7) is 4.66. The highest BCUT2D eigenvalue weighted by atomic mass is 32.1. The third-order valence-corrected chi connectivity index (χ3v) is 11.0. The van der Waals surface area contributed by atoms with Crippen LogP contribution in [-0.4, -0.2) is 19.5 Å². The summed E-state index contributed by atoms with van der Waals surface area (Å²) in [6, 6.07) is 47.5. The van der Waals surface area contributed by atoms with Crippen LogP contribution in [0.1, 0.15) is 25.0 Å². The van der Waals surface area contributed by atoms with E-state index in [0.717, 1.165) is 22.2 Å². The number of rotatable bonds is 3. The second-order valence-electron chi connectivity index (χ2n) is 12.9. The lowest BCUT2D eigenvalue weighted by Crippen LogP contribution is -2.14. The van der Waals surface area contributed by atoms with E-state index >= 15 is 0 Å². The smallest absolute Gasteiger partial charge is 0.238 e. The van der Waals surface area contributed by atoms with Crippen molar-refractivity contribution in [1.82, 2.24) is 19.5 Å². The fraction of sp³-hybridized carbons (Fsp3) is 0.0714. The second kappa shape index (κ2) is 9.68. The normalized spacial score (nSPS) is 13.5. The summed E-state index contributed by atoms with van der Waals surface area (Å²) in [7, 11) is 0. The number of aromatic nitrogens is 4. The number of para-hydroxylation sites is 1. The number of hydrogen-bond donors (Lipinski definition) is 0. The summed E-state index contributed by atoms with van der Waals surface area (Å²) in [4.78, 5) is 15.6. The fourth-order valence-electron chi connectivity index (χ4n) is 7.63. The van der Waals surface area contributed by atoms with Gasteiger partial charge in [0.15, 0.2) is 11.6 Å². The molecule has 0 atom stereocenters. The molecular weight excluding hydrogens is 593 g/mol. The van der Waals surface area contributed by atoms with E-state index in [4.69, 9.17) is 15.0 Å². The Hall–Kier alpha value is -5.65. The Morgan fingerprint density at radius 1 is 0.532 bits per heavy atom. The highest BCUT2D eigenvalue weighted by Crippen LogP contribution is 2.52. The van der Waals surface area contributed by atoms with E-state index in [-0.39, 0.29) is 5.41 Å². The van der Waals surface area contributed by atoms with E-state index in [1.54, 1.807) is 0 Å². The maximum Gasteiger partial charge on any atom is 0.238 e. The second-order valence-corrected chi connectivity index (χ2v) is 13.9. The Morgan fingerprint density at radius 3 is 2.09 bits per heavy atom. The highest BCUT2D eigenvalue weighted by molar-refractivity contribution is 7.25. The third kappa shape index (κ3) is 3.78. The Kier molecular flexibility index (Phi) is 5.47. The van der Waals surface area contributed by atoms with Gasteiger partial charge < -0.3 is 0 Å². The van der Waals surface area contributed by atoms with Gasteiger partial charge in [-0.25, -0.2) is 4.98 Å². The summed E-state index contributed by atoms with van der Waals surface area (Å²) in [5.74, 6) is 1.93. The molecule has 1 aliphatic rings. The van der Waals surface area contributed by atoms with Crippen LogP contribution in [0.25, 0.3) is 81.8 Å². The van der Waals surface area contributed by atoms with Crippen molar-refractivity contribution < 1.29 is 0 Å². The van der Waals surface area contributed by atoms with Gasteiger partial charge in [-0.05, 0) is 34.9 Å². The maximum absolute atomic E-state index is 5.30. The van der Waals surface area contributed by atoms with Crippen LogP contribution in [0.2, 0.25) is 0 Å². The summed E-state index contributed by atoms with van der Waals surface area (Å²) < 4.78 is 4.78. The molecule has 47 heavy (non-hydrogen) atoms. The van der Waals surface area contributed by atoms with Gasteiger partial charge in [-0.3, -0.25) is 4.57 Å². The van der Waals surface area contributed by atoms with Crippen molar-refractivity contribution in [3.8, 4) is 39.9 Å². The molecule has 0 N–H and O–H groups in total. The Balaban J connectivity index is 1.30. The van der Waals surface area contributed by atoms with Crippen LogP contribution in [0.4, 0.5) is 0 Å². The molecule has 0 unspecified atom stereocenters. The van der Waals surface area contributed by atoms with Gasteiger partial charge in [-0.15, -0.1) is 11.3 Å². The third-order valence-electron chi connectivity index (χ3n) is 9.87. The van der Waals surface area contributed by atoms with Crippen molar-refractivity contribution in [3.63, 3.8) is 0 Å². The van der Waals surface area contributed by atoms with E-state index in [1.807, 2.05) is 29.5 Å². The van der Waals surface area contributed by atoms with Gasteiger partial charge >= 0.3 is 0 Å². The van der Waals surface area contributed by atoms with Gasteiger partial charge in [-0.1, -0.05) is 129 Å². The molecule has 0 spiro atoms. The van der Waals surface area contributed by atoms with Crippen molar-refractivity contribution >= 4 is 53.3 Å². The molecule has 222 valence electrons. The average molecular weight is 621 g/mol. The van der Waals surface area contributed by atoms with Crippen molar-refractivity contribution in [2.45, 2.75) is 19.3 Å². The van der Waals surface area contributed by atoms with Gasteiger partial charge in [0.25, 0.3) is 0 Å². The van der Waals surface area contributed by atoms with Crippen molar-refractivity contribution in [2.24, 2.45) is 0 Å². The minimum absolute atomic E-state index is 0.124. The van der Waals surface area contributed by atoms with Crippen LogP contribution in [0.3, 0.4) is 0 Å². The summed E-state index contributed by atoms with van der Waals surface area (Å²) in [5.41, 5.74) is 9.22. The predicted octanol–water partition coefficient (Wildman–Crippen LogP) is 11.0. The molecule has 10 rings (SSSR count). The number of hydrogen-bond acceptors (Lipinski definition) is 4. The van der Waals surface area contributed by atoms with E-state index in [9.17, 15) is 0 Å². The zero-order valence-corrected chi connectivity index (χ0v) is 26.7. The topological polar surface area (TPSA) is 43.6 Å². The highest BCUT2D eigenvalue weighted by Gasteiger charge is 2.37. The van der Waals surface area contributed by atoms with Gasteiger partial charge in [0, 0.05) is 53.1 Å². The number of fused-ring (bicyclic) bond motifs is 10. The molecule has 6 aromatic carbocycles. The van der Waals surface area contributed by atoms with Crippen LogP contribution in [0.15, 0.2) is 133 Å². The van der Waals surface area contributed by atoms with Crippen LogP contribution >= 0.6 is 11.3 Å². The molecule has 1 aliphatic carbocycles. The molecule has 9 aromatic rings. The molecule has 0 bridgehead atoms. The number of benzene rings is 6. The van der Waals surface area contributed by atoms with Gasteiger partial charge in [0.2, 0.25) is 5.95 Å². The van der Waals surface area contributed by atoms with E-state index in [0.29, 0.717) is 17.6 Å². The monoisotopic (exact) mass is 620 g/mol. The zero-order valence-electron chi connectivity index (χ0n) is 25.9. The first-order valence-corrected chi connectivity index (χ1v) is 16.8. The first-order valence-electron chi connectivity index (χ1n) is 16.0. The van der Waals surface area contributed by atoms with Crippen molar-refractivity contribution in [3.05, 3.63) is 145 Å². The molecule has 4 nitrogen and oxygen atoms in total. The first-order chi connectivity index (χ1) is 23.1. The van der Waals surface area contributed by atoms with Gasteiger partial charge in [0.05, 0.1) is 11.0 Å². The van der Waals surface area contributed by atoms with Crippen molar-refractivity contribution in [2.75, 3.05) is 0 Å². The van der Waals surface area contributed by atoms with Gasteiger partial charge in [-0.2, -0.15) is 9.97 Å². The van der Waals surface area contributed by atoms with Crippen LogP contribution < -0.4 is 0 Å². The number of thiophene rings is 1. The molecule has 3 heterocycles. The fourth-order valence-corrected chi connectivity index (χ4v) is 8.77. The molecule has 3 aromatic heterocycles. The Labute approximate surface area is 275 Å². The largest absolute Gasteiger partial charge is 0.277 e. The number of nitrogens with zero attached hydrogens (tertiary/aromatic N) is 4. The van der Waals surface area contributed by atoms with Gasteiger partial charge in [0.1, 0.15) is 0 Å². The Bertz CT molecular complexity index is 2720. The molecule has 0 aliphatic heterocycles. The molecule has 5 heteroatoms. The molecular formula is C42H28N4S. The summed E-state index contributed by atoms with van der Waals surface area (Å²) >= 11 is 1.81. The summed E-state index contributed by atoms with van der Waals surface area (Å²) in [5, 5.41) is 4.91. The lowest BCUT2D eigenvalue weighted by Gasteiger charge is -2.21. The van der Waals surface area contributed by atoms with E-state index in [1.165, 1.54) is 53.2 Å². The zero-order chi connectivity index (χ0) is 31.3. The Morgan fingerprint density at radius 2 is 1.21 bits per heavy atom. The van der Waals surface area contributed by atoms with Crippen LogP contribution in [-0.2, 0) is 5.41 Å².